The summed E-state index contributed by atoms with van der Waals surface area (Å²) in [7, 11) is 0. The van der Waals surface area contributed by atoms with Gasteiger partial charge in [-0.15, -0.1) is 23.5 Å². The van der Waals surface area contributed by atoms with Crippen molar-refractivity contribution in [3.8, 4) is 0 Å². The Balaban J connectivity index is 1.45. The summed E-state index contributed by atoms with van der Waals surface area (Å²) in [6.07, 6.45) is 14.6. The van der Waals surface area contributed by atoms with Gasteiger partial charge >= 0.3 is 0 Å². The molecule has 6 rings (SSSR count). The van der Waals surface area contributed by atoms with Crippen molar-refractivity contribution in [1.82, 2.24) is 0 Å². The predicted octanol–water partition coefficient (Wildman–Crippen LogP) is 8.30. The van der Waals surface area contributed by atoms with Crippen LogP contribution in [0.25, 0.3) is 0 Å². The first-order valence-corrected chi connectivity index (χ1v) is 13.0. The summed E-state index contributed by atoms with van der Waals surface area (Å²) >= 11 is 3.88. The van der Waals surface area contributed by atoms with Gasteiger partial charge in [0.25, 0.3) is 0 Å². The van der Waals surface area contributed by atoms with Crippen molar-refractivity contribution in [1.29, 1.82) is 0 Å². The number of allylic oxidation sites excluding steroid dienone is 14. The highest BCUT2D eigenvalue weighted by molar-refractivity contribution is 8.03. The zero-order valence-electron chi connectivity index (χ0n) is 19.1. The van der Waals surface area contributed by atoms with Crippen LogP contribution >= 0.6 is 23.5 Å². The molecule has 0 bridgehead atoms. The Labute approximate surface area is 194 Å². The number of hydrogen-bond acceptors (Lipinski definition) is 2. The number of fused-ring (bicyclic) bond motifs is 4. The fourth-order valence-corrected chi connectivity index (χ4v) is 8.48. The molecule has 0 aromatic carbocycles. The van der Waals surface area contributed by atoms with Crippen LogP contribution in [0, 0.1) is 5.41 Å². The van der Waals surface area contributed by atoms with Crippen LogP contribution < -0.4 is 0 Å². The van der Waals surface area contributed by atoms with Gasteiger partial charge in [0.2, 0.25) is 0 Å². The third-order valence-electron chi connectivity index (χ3n) is 7.75. The van der Waals surface area contributed by atoms with Gasteiger partial charge in [-0.1, -0.05) is 50.3 Å². The zero-order valence-corrected chi connectivity index (χ0v) is 20.7. The van der Waals surface area contributed by atoms with Crippen LogP contribution in [0.2, 0.25) is 0 Å². The van der Waals surface area contributed by atoms with E-state index in [0.717, 1.165) is 0 Å². The average molecular weight is 441 g/mol. The molecule has 31 heavy (non-hydrogen) atoms. The van der Waals surface area contributed by atoms with Gasteiger partial charge in [-0.2, -0.15) is 0 Å². The highest BCUT2D eigenvalue weighted by atomic mass is 32.2. The maximum Gasteiger partial charge on any atom is 0.0530 e. The van der Waals surface area contributed by atoms with Gasteiger partial charge in [-0.25, -0.2) is 0 Å². The molecular formula is C29H28S2. The van der Waals surface area contributed by atoms with Crippen molar-refractivity contribution in [2.75, 3.05) is 0 Å². The van der Waals surface area contributed by atoms with Gasteiger partial charge < -0.3 is 0 Å². The molecule has 2 aliphatic heterocycles. The molecule has 0 fully saturated rings. The largest absolute Gasteiger partial charge is 0.122 e. The Morgan fingerprint density at radius 1 is 0.645 bits per heavy atom. The summed E-state index contributed by atoms with van der Waals surface area (Å²) < 4.78 is 0. The summed E-state index contributed by atoms with van der Waals surface area (Å²) in [4.78, 5) is 0. The lowest BCUT2D eigenvalue weighted by Gasteiger charge is -2.36. The molecule has 4 aliphatic carbocycles. The third kappa shape index (κ3) is 2.58. The van der Waals surface area contributed by atoms with Crippen molar-refractivity contribution in [2.45, 2.75) is 52.0 Å². The average Bonchev–Trinajstić information content (AvgIpc) is 3.46. The minimum absolute atomic E-state index is 0.0503. The van der Waals surface area contributed by atoms with Crippen LogP contribution in [0.5, 0.6) is 0 Å². The van der Waals surface area contributed by atoms with Crippen LogP contribution in [0.4, 0.5) is 0 Å². The smallest absolute Gasteiger partial charge is 0.0530 e. The van der Waals surface area contributed by atoms with E-state index in [-0.39, 0.29) is 5.41 Å². The number of hydrogen-bond donors (Lipinski definition) is 0. The fourth-order valence-electron chi connectivity index (χ4n) is 6.46. The Hall–Kier alpha value is -1.90. The van der Waals surface area contributed by atoms with E-state index in [2.05, 4.69) is 88.8 Å². The van der Waals surface area contributed by atoms with Crippen molar-refractivity contribution < 1.29 is 0 Å². The lowest BCUT2D eigenvalue weighted by atomic mass is 9.68. The quantitative estimate of drug-likeness (QED) is 0.423. The molecule has 0 aromatic rings. The molecule has 0 radical (unpaired) electrons. The Kier molecular flexibility index (Phi) is 4.18. The van der Waals surface area contributed by atoms with E-state index in [1.807, 2.05) is 23.5 Å². The fraction of sp³-hybridized carbons (Fsp3) is 0.310. The molecule has 2 heterocycles. The van der Waals surface area contributed by atoms with E-state index < -0.39 is 0 Å². The van der Waals surface area contributed by atoms with Crippen molar-refractivity contribution >= 4 is 23.5 Å². The molecule has 156 valence electrons. The molecule has 2 unspecified atom stereocenters. The van der Waals surface area contributed by atoms with Gasteiger partial charge in [0, 0.05) is 5.41 Å². The monoisotopic (exact) mass is 440 g/mol. The first-order chi connectivity index (χ1) is 14.8. The van der Waals surface area contributed by atoms with Gasteiger partial charge in [0.15, 0.2) is 0 Å². The van der Waals surface area contributed by atoms with E-state index in [9.17, 15) is 0 Å². The highest BCUT2D eigenvalue weighted by Crippen LogP contribution is 2.57. The van der Waals surface area contributed by atoms with Gasteiger partial charge in [-0.3, -0.25) is 0 Å². The van der Waals surface area contributed by atoms with Gasteiger partial charge in [0.05, 0.1) is 10.5 Å². The second-order valence-corrected chi connectivity index (χ2v) is 12.0. The molecule has 2 heteroatoms. The second-order valence-electron chi connectivity index (χ2n) is 9.90. The van der Waals surface area contributed by atoms with Crippen LogP contribution in [0.1, 0.15) is 41.5 Å². The lowest BCUT2D eigenvalue weighted by molar-refractivity contribution is 0.550. The number of rotatable bonds is 2. The van der Waals surface area contributed by atoms with E-state index in [4.69, 9.17) is 0 Å². The maximum atomic E-state index is 2.53. The third-order valence-corrected chi connectivity index (χ3v) is 9.70. The summed E-state index contributed by atoms with van der Waals surface area (Å²) in [6, 6.07) is 0. The van der Waals surface area contributed by atoms with Crippen LogP contribution in [-0.4, -0.2) is 10.5 Å². The summed E-state index contributed by atoms with van der Waals surface area (Å²) in [5.74, 6) is 0. The SMILES string of the molecule is CC1=C(C(C)(C)C2=C(C)C=C3C2=CC2SC=CC2=C3C)C2=CC3SC=CC3=C(C)C2=C1. The van der Waals surface area contributed by atoms with Crippen LogP contribution in [0.15, 0.2) is 114 Å². The standard InChI is InChI=1S/C29H28S2/c1-15-11-21-17(3)19-7-9-30-25(19)13-23(21)27(15)29(5,6)28-16(2)12-22-18(4)20-8-10-31-26(20)14-24(22)28/h7-14,25-26H,1-6H3. The molecule has 0 spiro atoms. The molecule has 0 nitrogen and oxygen atoms in total. The van der Waals surface area contributed by atoms with Gasteiger partial charge in [0.1, 0.15) is 0 Å². The minimum Gasteiger partial charge on any atom is -0.122 e. The first kappa shape index (κ1) is 19.8. The summed E-state index contributed by atoms with van der Waals surface area (Å²) in [5.41, 5.74) is 17.5. The zero-order chi connectivity index (χ0) is 21.7. The molecule has 2 atom stereocenters. The van der Waals surface area contributed by atoms with Crippen molar-refractivity contribution in [3.63, 3.8) is 0 Å². The van der Waals surface area contributed by atoms with E-state index >= 15 is 0 Å². The molecule has 0 N–H and O–H groups in total. The van der Waals surface area contributed by atoms with Crippen LogP contribution in [-0.2, 0) is 0 Å². The molecule has 0 saturated carbocycles. The normalized spacial score (nSPS) is 28.7. The Morgan fingerprint density at radius 3 is 1.48 bits per heavy atom. The summed E-state index contributed by atoms with van der Waals surface area (Å²) in [5, 5.41) is 5.46. The molecule has 0 amide bonds. The molecule has 0 saturated heterocycles. The predicted molar refractivity (Wildman–Crippen MR) is 138 cm³/mol. The Morgan fingerprint density at radius 2 is 1.06 bits per heavy atom. The maximum absolute atomic E-state index is 2.53. The van der Waals surface area contributed by atoms with Crippen molar-refractivity contribution in [2.24, 2.45) is 5.41 Å². The highest BCUT2D eigenvalue weighted by Gasteiger charge is 2.43. The van der Waals surface area contributed by atoms with E-state index in [1.165, 1.54) is 66.9 Å². The van der Waals surface area contributed by atoms with E-state index in [0.29, 0.717) is 10.5 Å². The first-order valence-electron chi connectivity index (χ1n) is 11.2. The summed E-state index contributed by atoms with van der Waals surface area (Å²) in [6.45, 7) is 14.1. The van der Waals surface area contributed by atoms with Crippen molar-refractivity contribution in [3.05, 3.63) is 114 Å². The topological polar surface area (TPSA) is 0 Å². The van der Waals surface area contributed by atoms with Crippen LogP contribution in [0.3, 0.4) is 0 Å². The number of thioether (sulfide) groups is 2. The minimum atomic E-state index is -0.0503. The van der Waals surface area contributed by atoms with Gasteiger partial charge in [-0.05, 0) is 105 Å². The van der Waals surface area contributed by atoms with E-state index in [1.54, 1.807) is 0 Å². The second kappa shape index (κ2) is 6.56. The molecule has 6 aliphatic rings. The molecule has 0 aromatic heterocycles. The lowest BCUT2D eigenvalue weighted by Crippen LogP contribution is -2.24. The Bertz CT molecular complexity index is 1170. The molecular weight excluding hydrogens is 412 g/mol.